The van der Waals surface area contributed by atoms with Crippen LogP contribution in [0, 0.1) is 5.92 Å². The minimum Gasteiger partial charge on any atom is -0.383 e. The van der Waals surface area contributed by atoms with Crippen LogP contribution in [0.2, 0.25) is 0 Å². The first-order valence-corrected chi connectivity index (χ1v) is 4.80. The van der Waals surface area contributed by atoms with E-state index in [9.17, 15) is 4.79 Å². The van der Waals surface area contributed by atoms with Gasteiger partial charge >= 0.3 is 0 Å². The molecule has 1 aromatic rings. The molecule has 74 valence electrons. The number of anilines is 2. The summed E-state index contributed by atoms with van der Waals surface area (Å²) in [6.45, 7) is 2.65. The molecule has 2 rings (SSSR count). The van der Waals surface area contributed by atoms with Crippen LogP contribution in [0.15, 0.2) is 24.3 Å². The Morgan fingerprint density at radius 3 is 2.93 bits per heavy atom. The SMILES string of the molecule is C[C@@H]1CNc2ccccc2N(C)C1=O. The Bertz CT molecular complexity index is 362. The molecule has 1 aliphatic heterocycles. The van der Waals surface area contributed by atoms with Crippen molar-refractivity contribution < 1.29 is 4.79 Å². The molecular weight excluding hydrogens is 176 g/mol. The minimum absolute atomic E-state index is 0.0346. The van der Waals surface area contributed by atoms with E-state index >= 15 is 0 Å². The van der Waals surface area contributed by atoms with Gasteiger partial charge in [0.25, 0.3) is 0 Å². The third-order valence-corrected chi connectivity index (χ3v) is 2.62. The topological polar surface area (TPSA) is 32.3 Å². The molecule has 1 heterocycles. The molecule has 0 unspecified atom stereocenters. The number of carbonyl (C=O) groups excluding carboxylic acids is 1. The van der Waals surface area contributed by atoms with Gasteiger partial charge in [-0.1, -0.05) is 19.1 Å². The Kier molecular flexibility index (Phi) is 2.15. The summed E-state index contributed by atoms with van der Waals surface area (Å²) in [6, 6.07) is 7.87. The third-order valence-electron chi connectivity index (χ3n) is 2.62. The molecule has 0 fully saturated rings. The summed E-state index contributed by atoms with van der Waals surface area (Å²) in [4.78, 5) is 13.5. The van der Waals surface area contributed by atoms with Crippen molar-refractivity contribution in [1.82, 2.24) is 0 Å². The Balaban J connectivity index is 2.45. The standard InChI is InChI=1S/C11H14N2O/c1-8-7-12-9-5-3-4-6-10(9)13(2)11(8)14/h3-6,8,12H,7H2,1-2H3/t8-/m1/s1. The highest BCUT2D eigenvalue weighted by molar-refractivity contribution is 5.99. The zero-order valence-corrected chi connectivity index (χ0v) is 8.45. The summed E-state index contributed by atoms with van der Waals surface area (Å²) in [5.41, 5.74) is 1.99. The number of hydrogen-bond donors (Lipinski definition) is 1. The van der Waals surface area contributed by atoms with Gasteiger partial charge in [-0.2, -0.15) is 0 Å². The van der Waals surface area contributed by atoms with Gasteiger partial charge in [-0.05, 0) is 12.1 Å². The van der Waals surface area contributed by atoms with Gasteiger partial charge in [-0.3, -0.25) is 4.79 Å². The first-order chi connectivity index (χ1) is 6.70. The van der Waals surface area contributed by atoms with Crippen molar-refractivity contribution in [1.29, 1.82) is 0 Å². The molecule has 0 aromatic heterocycles. The second-order valence-electron chi connectivity index (χ2n) is 3.70. The van der Waals surface area contributed by atoms with Gasteiger partial charge in [0.1, 0.15) is 0 Å². The average molecular weight is 190 g/mol. The van der Waals surface area contributed by atoms with Gasteiger partial charge in [0, 0.05) is 13.6 Å². The number of nitrogens with zero attached hydrogens (tertiary/aromatic N) is 1. The maximum absolute atomic E-state index is 11.8. The zero-order valence-electron chi connectivity index (χ0n) is 8.45. The number of hydrogen-bond acceptors (Lipinski definition) is 2. The molecule has 1 aliphatic rings. The van der Waals surface area contributed by atoms with E-state index < -0.39 is 0 Å². The van der Waals surface area contributed by atoms with Gasteiger partial charge in [-0.15, -0.1) is 0 Å². The van der Waals surface area contributed by atoms with Crippen LogP contribution in [0.25, 0.3) is 0 Å². The molecule has 1 atom stereocenters. The van der Waals surface area contributed by atoms with E-state index in [1.165, 1.54) is 0 Å². The monoisotopic (exact) mass is 190 g/mol. The molecule has 14 heavy (non-hydrogen) atoms. The van der Waals surface area contributed by atoms with E-state index in [-0.39, 0.29) is 11.8 Å². The Morgan fingerprint density at radius 2 is 2.14 bits per heavy atom. The molecule has 0 radical (unpaired) electrons. The molecular formula is C11H14N2O. The number of para-hydroxylation sites is 2. The largest absolute Gasteiger partial charge is 0.383 e. The predicted octanol–water partition coefficient (Wildman–Crippen LogP) is 1.71. The maximum atomic E-state index is 11.8. The van der Waals surface area contributed by atoms with Gasteiger partial charge in [0.05, 0.1) is 17.3 Å². The summed E-state index contributed by atoms with van der Waals surface area (Å²) in [7, 11) is 1.82. The first-order valence-electron chi connectivity index (χ1n) is 4.80. The number of carbonyl (C=O) groups is 1. The lowest BCUT2D eigenvalue weighted by Crippen LogP contribution is -2.31. The number of rotatable bonds is 0. The van der Waals surface area contributed by atoms with Crippen molar-refractivity contribution in [2.45, 2.75) is 6.92 Å². The van der Waals surface area contributed by atoms with Crippen molar-refractivity contribution in [2.24, 2.45) is 5.92 Å². The van der Waals surface area contributed by atoms with E-state index in [1.54, 1.807) is 4.90 Å². The fourth-order valence-corrected chi connectivity index (χ4v) is 1.72. The molecule has 0 spiro atoms. The van der Waals surface area contributed by atoms with Gasteiger partial charge < -0.3 is 10.2 Å². The summed E-state index contributed by atoms with van der Waals surface area (Å²) < 4.78 is 0. The number of nitrogens with one attached hydrogen (secondary N) is 1. The second kappa shape index (κ2) is 3.33. The van der Waals surface area contributed by atoms with Crippen LogP contribution >= 0.6 is 0 Å². The van der Waals surface area contributed by atoms with E-state index in [1.807, 2.05) is 38.2 Å². The first kappa shape index (κ1) is 9.06. The fraction of sp³-hybridized carbons (Fsp3) is 0.364. The summed E-state index contributed by atoms with van der Waals surface area (Å²) >= 11 is 0. The second-order valence-corrected chi connectivity index (χ2v) is 3.70. The summed E-state index contributed by atoms with van der Waals surface area (Å²) in [5.74, 6) is 0.204. The molecule has 1 N–H and O–H groups in total. The van der Waals surface area contributed by atoms with Crippen LogP contribution in [0.4, 0.5) is 11.4 Å². The Labute approximate surface area is 83.7 Å². The number of benzene rings is 1. The smallest absolute Gasteiger partial charge is 0.231 e. The fourth-order valence-electron chi connectivity index (χ4n) is 1.72. The molecule has 1 amide bonds. The third kappa shape index (κ3) is 1.35. The van der Waals surface area contributed by atoms with E-state index in [4.69, 9.17) is 0 Å². The van der Waals surface area contributed by atoms with Crippen molar-refractivity contribution >= 4 is 17.3 Å². The molecule has 0 bridgehead atoms. The van der Waals surface area contributed by atoms with Crippen LogP contribution in [-0.4, -0.2) is 19.5 Å². The van der Waals surface area contributed by atoms with Gasteiger partial charge in [-0.25, -0.2) is 0 Å². The molecule has 0 aliphatic carbocycles. The molecule has 3 heteroatoms. The van der Waals surface area contributed by atoms with Crippen LogP contribution in [0.5, 0.6) is 0 Å². The van der Waals surface area contributed by atoms with Crippen LogP contribution in [0.1, 0.15) is 6.92 Å². The lowest BCUT2D eigenvalue weighted by atomic mass is 10.1. The van der Waals surface area contributed by atoms with Crippen LogP contribution < -0.4 is 10.2 Å². The highest BCUT2D eigenvalue weighted by Gasteiger charge is 2.23. The summed E-state index contributed by atoms with van der Waals surface area (Å²) in [5, 5.41) is 3.27. The Morgan fingerprint density at radius 1 is 1.43 bits per heavy atom. The molecule has 0 saturated heterocycles. The minimum atomic E-state index is 0.0346. The summed E-state index contributed by atoms with van der Waals surface area (Å²) in [6.07, 6.45) is 0. The molecule has 0 saturated carbocycles. The highest BCUT2D eigenvalue weighted by Crippen LogP contribution is 2.28. The lowest BCUT2D eigenvalue weighted by Gasteiger charge is -2.18. The van der Waals surface area contributed by atoms with Crippen molar-refractivity contribution in [2.75, 3.05) is 23.8 Å². The van der Waals surface area contributed by atoms with Crippen molar-refractivity contribution in [3.05, 3.63) is 24.3 Å². The van der Waals surface area contributed by atoms with Gasteiger partial charge in [0.15, 0.2) is 0 Å². The molecule has 3 nitrogen and oxygen atoms in total. The van der Waals surface area contributed by atoms with Crippen molar-refractivity contribution in [3.8, 4) is 0 Å². The number of amides is 1. The quantitative estimate of drug-likeness (QED) is 0.675. The van der Waals surface area contributed by atoms with E-state index in [0.29, 0.717) is 6.54 Å². The van der Waals surface area contributed by atoms with Crippen LogP contribution in [-0.2, 0) is 4.79 Å². The Hall–Kier alpha value is -1.51. The average Bonchev–Trinajstić information content (AvgIpc) is 2.32. The van der Waals surface area contributed by atoms with Gasteiger partial charge in [0.2, 0.25) is 5.91 Å². The lowest BCUT2D eigenvalue weighted by molar-refractivity contribution is -0.121. The van der Waals surface area contributed by atoms with Crippen molar-refractivity contribution in [3.63, 3.8) is 0 Å². The highest BCUT2D eigenvalue weighted by atomic mass is 16.2. The van der Waals surface area contributed by atoms with Crippen LogP contribution in [0.3, 0.4) is 0 Å². The van der Waals surface area contributed by atoms with E-state index in [0.717, 1.165) is 11.4 Å². The maximum Gasteiger partial charge on any atom is 0.231 e. The predicted molar refractivity (Wildman–Crippen MR) is 57.5 cm³/mol. The normalized spacial score (nSPS) is 21.1. The van der Waals surface area contributed by atoms with E-state index in [2.05, 4.69) is 5.32 Å². The number of fused-ring (bicyclic) bond motifs is 1. The molecule has 1 aromatic carbocycles. The zero-order chi connectivity index (χ0) is 10.1.